The van der Waals surface area contributed by atoms with Crippen molar-refractivity contribution in [2.75, 3.05) is 38.2 Å². The van der Waals surface area contributed by atoms with Crippen LogP contribution >= 0.6 is 15.9 Å². The van der Waals surface area contributed by atoms with Crippen LogP contribution in [0.1, 0.15) is 18.1 Å². The third kappa shape index (κ3) is 5.16. The number of pyridine rings is 2. The van der Waals surface area contributed by atoms with Gasteiger partial charge in [0.05, 0.1) is 30.7 Å². The Morgan fingerprint density at radius 2 is 1.97 bits per heavy atom. The topological polar surface area (TPSA) is 93.2 Å². The van der Waals surface area contributed by atoms with Crippen molar-refractivity contribution in [3.8, 4) is 11.9 Å². The van der Waals surface area contributed by atoms with Gasteiger partial charge >= 0.3 is 0 Å². The molecule has 174 valence electrons. The second-order valence-corrected chi connectivity index (χ2v) is 8.67. The van der Waals surface area contributed by atoms with E-state index in [1.165, 1.54) is 5.56 Å². The maximum atomic E-state index is 9.46. The van der Waals surface area contributed by atoms with Gasteiger partial charge in [-0.2, -0.15) is 10.4 Å². The van der Waals surface area contributed by atoms with Crippen LogP contribution in [0.2, 0.25) is 0 Å². The van der Waals surface area contributed by atoms with Crippen LogP contribution in [0.25, 0.3) is 0 Å². The van der Waals surface area contributed by atoms with Gasteiger partial charge in [0, 0.05) is 63.5 Å². The molecule has 2 aromatic rings. The highest BCUT2D eigenvalue weighted by Gasteiger charge is 2.24. The van der Waals surface area contributed by atoms with Crippen molar-refractivity contribution in [3.63, 3.8) is 0 Å². The monoisotopic (exact) mass is 520 g/mol. The van der Waals surface area contributed by atoms with E-state index in [-0.39, 0.29) is 0 Å². The second-order valence-electron chi connectivity index (χ2n) is 7.86. The molecule has 2 aliphatic heterocycles. The minimum atomic E-state index is 0.495. The van der Waals surface area contributed by atoms with Gasteiger partial charge in [0.15, 0.2) is 0 Å². The Labute approximate surface area is 207 Å². The number of aliphatic imine (C=N–C) groups is 1. The van der Waals surface area contributed by atoms with Gasteiger partial charge in [-0.25, -0.2) is 20.0 Å². The molecule has 0 aromatic carbocycles. The van der Waals surface area contributed by atoms with Crippen LogP contribution in [0.5, 0.6) is 5.88 Å². The number of hydrogen-bond donors (Lipinski definition) is 0. The molecular weight excluding hydrogens is 496 g/mol. The average molecular weight is 521 g/mol. The second kappa shape index (κ2) is 10.6. The van der Waals surface area contributed by atoms with Gasteiger partial charge in [0.1, 0.15) is 16.1 Å². The van der Waals surface area contributed by atoms with Crippen molar-refractivity contribution in [1.29, 1.82) is 5.26 Å². The van der Waals surface area contributed by atoms with Crippen molar-refractivity contribution in [2.24, 2.45) is 10.1 Å². The van der Waals surface area contributed by atoms with Gasteiger partial charge < -0.3 is 9.64 Å². The predicted octanol–water partition coefficient (Wildman–Crippen LogP) is 3.52. The Bertz CT molecular complexity index is 1170. The van der Waals surface area contributed by atoms with Gasteiger partial charge in [-0.3, -0.25) is 4.90 Å². The van der Waals surface area contributed by atoms with Gasteiger partial charge in [0.2, 0.25) is 5.88 Å². The minimum absolute atomic E-state index is 0.495. The Balaban J connectivity index is 1.43. The molecule has 2 aromatic heterocycles. The summed E-state index contributed by atoms with van der Waals surface area (Å²) in [5.41, 5.74) is 3.69. The quantitative estimate of drug-likeness (QED) is 0.326. The molecule has 2 aliphatic rings. The zero-order valence-corrected chi connectivity index (χ0v) is 20.7. The number of ether oxygens (including phenoxy) is 1. The normalized spacial score (nSPS) is 18.1. The molecule has 9 nitrogen and oxygen atoms in total. The predicted molar refractivity (Wildman–Crippen MR) is 136 cm³/mol. The molecule has 4 heterocycles. The fraction of sp³-hybridized carbons (Fsp3) is 0.292. The van der Waals surface area contributed by atoms with Crippen molar-refractivity contribution >= 4 is 34.2 Å². The highest BCUT2D eigenvalue weighted by molar-refractivity contribution is 9.11. The first-order valence-corrected chi connectivity index (χ1v) is 11.6. The summed E-state index contributed by atoms with van der Waals surface area (Å²) in [5.74, 6) is 1.55. The Morgan fingerprint density at radius 1 is 1.18 bits per heavy atom. The lowest BCUT2D eigenvalue weighted by atomic mass is 10.0. The smallest absolute Gasteiger partial charge is 0.212 e. The zero-order chi connectivity index (χ0) is 24.1. The number of allylic oxidation sites excluding steroid dienone is 2. The molecule has 4 rings (SSSR count). The third-order valence-corrected chi connectivity index (χ3v) is 6.09. The number of rotatable bonds is 6. The van der Waals surface area contributed by atoms with Crippen molar-refractivity contribution in [1.82, 2.24) is 19.9 Å². The molecular formula is C24H25BrN8O. The molecule has 0 saturated carbocycles. The van der Waals surface area contributed by atoms with Crippen molar-refractivity contribution in [3.05, 3.63) is 69.9 Å². The molecule has 0 amide bonds. The Morgan fingerprint density at radius 3 is 2.56 bits per heavy atom. The van der Waals surface area contributed by atoms with Crippen LogP contribution in [0.4, 0.5) is 5.82 Å². The summed E-state index contributed by atoms with van der Waals surface area (Å²) in [6, 6.07) is 10.1. The van der Waals surface area contributed by atoms with E-state index in [1.54, 1.807) is 31.4 Å². The van der Waals surface area contributed by atoms with Crippen molar-refractivity contribution < 1.29 is 4.74 Å². The van der Waals surface area contributed by atoms with Gasteiger partial charge in [-0.05, 0) is 40.5 Å². The third-order valence-electron chi connectivity index (χ3n) is 5.71. The SMILES string of the molecule is C=NN1C=C(Br)N=C(c2ccc(N3CCN(Cc4ccc(OC)nc4)CC3)nc2)/C1=C(/C)C#N. The van der Waals surface area contributed by atoms with E-state index in [0.717, 1.165) is 44.1 Å². The molecule has 34 heavy (non-hydrogen) atoms. The molecule has 0 N–H and O–H groups in total. The van der Waals surface area contributed by atoms with Crippen molar-refractivity contribution in [2.45, 2.75) is 13.5 Å². The lowest BCUT2D eigenvalue weighted by molar-refractivity contribution is 0.249. The van der Waals surface area contributed by atoms with Crippen LogP contribution < -0.4 is 9.64 Å². The van der Waals surface area contributed by atoms with E-state index in [2.05, 4.69) is 59.7 Å². The van der Waals surface area contributed by atoms with E-state index >= 15 is 0 Å². The summed E-state index contributed by atoms with van der Waals surface area (Å²) in [6.07, 6.45) is 5.34. The lowest BCUT2D eigenvalue weighted by Gasteiger charge is -2.35. The number of nitriles is 1. The van der Waals surface area contributed by atoms with Crippen LogP contribution in [-0.2, 0) is 6.54 Å². The number of hydrogen-bond acceptors (Lipinski definition) is 9. The van der Waals surface area contributed by atoms with Crippen LogP contribution in [0.15, 0.2) is 68.8 Å². The minimum Gasteiger partial charge on any atom is -0.481 e. The standard InChI is InChI=1S/C24H25BrN8O/c1-17(12-26)24-23(30-20(25)16-33(24)27-2)19-5-6-21(28-14-19)32-10-8-31(9-11-32)15-18-4-7-22(34-3)29-13-18/h4-7,13-14,16H,2,8-11,15H2,1,3H3/b24-17+. The summed E-state index contributed by atoms with van der Waals surface area (Å²) < 4.78 is 5.73. The largest absolute Gasteiger partial charge is 0.481 e. The first-order chi connectivity index (χ1) is 16.5. The Kier molecular flexibility index (Phi) is 7.35. The fourth-order valence-electron chi connectivity index (χ4n) is 3.91. The van der Waals surface area contributed by atoms with E-state index in [4.69, 9.17) is 9.72 Å². The van der Waals surface area contributed by atoms with Gasteiger partial charge in [0.25, 0.3) is 0 Å². The first kappa shape index (κ1) is 23.6. The molecule has 0 spiro atoms. The molecule has 0 unspecified atom stereocenters. The number of nitrogens with zero attached hydrogens (tertiary/aromatic N) is 8. The van der Waals surface area contributed by atoms with Crippen LogP contribution in [0, 0.1) is 11.3 Å². The zero-order valence-electron chi connectivity index (χ0n) is 19.1. The van der Waals surface area contributed by atoms with Crippen LogP contribution in [0.3, 0.4) is 0 Å². The highest BCUT2D eigenvalue weighted by atomic mass is 79.9. The molecule has 0 radical (unpaired) electrons. The molecule has 10 heteroatoms. The van der Waals surface area contributed by atoms with Gasteiger partial charge in [-0.15, -0.1) is 0 Å². The summed E-state index contributed by atoms with van der Waals surface area (Å²) in [5, 5.41) is 15.0. The first-order valence-electron chi connectivity index (χ1n) is 10.8. The van der Waals surface area contributed by atoms with Gasteiger partial charge in [-0.1, -0.05) is 6.07 Å². The van der Waals surface area contributed by atoms with Crippen LogP contribution in [-0.4, -0.2) is 65.6 Å². The summed E-state index contributed by atoms with van der Waals surface area (Å²) >= 11 is 3.41. The molecule has 1 fully saturated rings. The summed E-state index contributed by atoms with van der Waals surface area (Å²) in [6.45, 7) is 9.85. The van der Waals surface area contributed by atoms with E-state index in [9.17, 15) is 5.26 Å². The highest BCUT2D eigenvalue weighted by Crippen LogP contribution is 2.28. The summed E-state index contributed by atoms with van der Waals surface area (Å²) in [7, 11) is 1.62. The fourth-order valence-corrected chi connectivity index (χ4v) is 4.28. The number of halogens is 1. The maximum absolute atomic E-state index is 9.46. The number of hydrazone groups is 1. The molecule has 1 saturated heterocycles. The number of methoxy groups -OCH3 is 1. The number of anilines is 1. The number of aromatic nitrogens is 2. The number of piperazine rings is 1. The molecule has 0 aliphatic carbocycles. The van der Waals surface area contributed by atoms with E-state index < -0.39 is 0 Å². The molecule has 0 bridgehead atoms. The maximum Gasteiger partial charge on any atom is 0.212 e. The summed E-state index contributed by atoms with van der Waals surface area (Å²) in [4.78, 5) is 18.3. The van der Waals surface area contributed by atoms with E-state index in [0.29, 0.717) is 27.5 Å². The van der Waals surface area contributed by atoms with E-state index in [1.807, 2.05) is 24.4 Å². The lowest BCUT2D eigenvalue weighted by Crippen LogP contribution is -2.46. The average Bonchev–Trinajstić information content (AvgIpc) is 2.88. The molecule has 0 atom stereocenters. The Hall–Kier alpha value is -3.55.